The van der Waals surface area contributed by atoms with Crippen LogP contribution >= 0.6 is 11.8 Å². The van der Waals surface area contributed by atoms with Gasteiger partial charge in [-0.25, -0.2) is 0 Å². The van der Waals surface area contributed by atoms with Crippen molar-refractivity contribution in [3.63, 3.8) is 0 Å². The molecule has 2 aromatic rings. The van der Waals surface area contributed by atoms with Crippen LogP contribution in [0, 0.1) is 0 Å². The Hall–Kier alpha value is -2.22. The number of benzene rings is 1. The fourth-order valence-electron chi connectivity index (χ4n) is 2.90. The number of fused-ring (bicyclic) bond motifs is 1. The zero-order valence-electron chi connectivity index (χ0n) is 14.9. The number of carbonyl (C=O) groups is 1. The lowest BCUT2D eigenvalue weighted by atomic mass is 10.2. The molecule has 2 aliphatic rings. The van der Waals surface area contributed by atoms with Gasteiger partial charge in [-0.1, -0.05) is 11.8 Å². The summed E-state index contributed by atoms with van der Waals surface area (Å²) in [6, 6.07) is 5.43. The van der Waals surface area contributed by atoms with Crippen LogP contribution < -0.4 is 14.8 Å². The molecule has 1 amide bonds. The zero-order chi connectivity index (χ0) is 18.1. The molecule has 7 nitrogen and oxygen atoms in total. The maximum Gasteiger partial charge on any atom is 0.237 e. The van der Waals surface area contributed by atoms with E-state index in [2.05, 4.69) is 27.0 Å². The first kappa shape index (κ1) is 17.2. The van der Waals surface area contributed by atoms with Gasteiger partial charge in [-0.15, -0.1) is 10.2 Å². The zero-order valence-corrected chi connectivity index (χ0v) is 15.7. The van der Waals surface area contributed by atoms with Gasteiger partial charge in [-0.05, 0) is 38.8 Å². The summed E-state index contributed by atoms with van der Waals surface area (Å²) in [7, 11) is 0. The van der Waals surface area contributed by atoms with Gasteiger partial charge in [-0.3, -0.25) is 4.79 Å². The first-order valence-electron chi connectivity index (χ1n) is 8.96. The standard InChI is InChI=1S/C18H22N4O3S/c1-3-22-16(12-4-5-12)20-21-18(22)26-11(2)17(23)19-13-6-7-14-15(10-13)25-9-8-24-14/h6-7,10-12H,3-5,8-9H2,1-2H3,(H,19,23)/t11-/m0/s1. The molecule has 2 heterocycles. The summed E-state index contributed by atoms with van der Waals surface area (Å²) in [4.78, 5) is 12.6. The lowest BCUT2D eigenvalue weighted by molar-refractivity contribution is -0.115. The molecule has 1 aromatic heterocycles. The molecule has 1 fully saturated rings. The van der Waals surface area contributed by atoms with E-state index in [4.69, 9.17) is 9.47 Å². The van der Waals surface area contributed by atoms with Crippen LogP contribution in [0.3, 0.4) is 0 Å². The molecule has 1 atom stereocenters. The molecule has 0 bridgehead atoms. The van der Waals surface area contributed by atoms with Crippen molar-refractivity contribution in [1.82, 2.24) is 14.8 Å². The van der Waals surface area contributed by atoms with Crippen molar-refractivity contribution in [2.45, 2.75) is 49.6 Å². The van der Waals surface area contributed by atoms with E-state index < -0.39 is 0 Å². The van der Waals surface area contributed by atoms with E-state index in [1.54, 1.807) is 6.07 Å². The van der Waals surface area contributed by atoms with E-state index in [0.717, 1.165) is 17.5 Å². The molecule has 26 heavy (non-hydrogen) atoms. The topological polar surface area (TPSA) is 78.3 Å². The number of nitrogens with zero attached hydrogens (tertiary/aromatic N) is 3. The number of aromatic nitrogens is 3. The van der Waals surface area contributed by atoms with Crippen LogP contribution in [0.15, 0.2) is 23.4 Å². The van der Waals surface area contributed by atoms with Crippen LogP contribution in [0.1, 0.15) is 38.4 Å². The predicted octanol–water partition coefficient (Wildman–Crippen LogP) is 3.07. The Bertz CT molecular complexity index is 819. The van der Waals surface area contributed by atoms with E-state index in [1.807, 2.05) is 19.1 Å². The molecule has 1 N–H and O–H groups in total. The summed E-state index contributed by atoms with van der Waals surface area (Å²) in [6.07, 6.45) is 2.37. The van der Waals surface area contributed by atoms with E-state index >= 15 is 0 Å². The number of anilines is 1. The molecular formula is C18H22N4O3S. The Kier molecular flexibility index (Phi) is 4.76. The number of rotatable bonds is 6. The highest BCUT2D eigenvalue weighted by Crippen LogP contribution is 2.40. The van der Waals surface area contributed by atoms with Crippen molar-refractivity contribution < 1.29 is 14.3 Å². The Morgan fingerprint density at radius 1 is 1.31 bits per heavy atom. The van der Waals surface area contributed by atoms with Crippen molar-refractivity contribution in [2.75, 3.05) is 18.5 Å². The largest absolute Gasteiger partial charge is 0.486 e. The second-order valence-corrected chi connectivity index (χ2v) is 7.78. The Labute approximate surface area is 156 Å². The molecule has 1 aromatic carbocycles. The third kappa shape index (κ3) is 3.51. The maximum atomic E-state index is 12.6. The predicted molar refractivity (Wildman–Crippen MR) is 99.1 cm³/mol. The van der Waals surface area contributed by atoms with Gasteiger partial charge in [0.2, 0.25) is 5.91 Å². The molecule has 0 saturated heterocycles. The number of hydrogen-bond acceptors (Lipinski definition) is 6. The van der Waals surface area contributed by atoms with Crippen LogP contribution in [0.4, 0.5) is 5.69 Å². The van der Waals surface area contributed by atoms with Gasteiger partial charge in [0, 0.05) is 24.2 Å². The molecular weight excluding hydrogens is 352 g/mol. The molecule has 1 aliphatic carbocycles. The molecule has 4 rings (SSSR count). The van der Waals surface area contributed by atoms with Crippen LogP contribution in [0.5, 0.6) is 11.5 Å². The molecule has 1 saturated carbocycles. The second-order valence-electron chi connectivity index (χ2n) is 6.47. The number of amides is 1. The smallest absolute Gasteiger partial charge is 0.237 e. The minimum absolute atomic E-state index is 0.0784. The fraction of sp³-hybridized carbons (Fsp3) is 0.500. The van der Waals surface area contributed by atoms with Crippen LogP contribution in [0.25, 0.3) is 0 Å². The Morgan fingerprint density at radius 2 is 2.08 bits per heavy atom. The first-order chi connectivity index (χ1) is 12.7. The number of hydrogen-bond donors (Lipinski definition) is 1. The van der Waals surface area contributed by atoms with Crippen LogP contribution in [-0.4, -0.2) is 39.1 Å². The van der Waals surface area contributed by atoms with Gasteiger partial charge >= 0.3 is 0 Å². The quantitative estimate of drug-likeness (QED) is 0.783. The minimum Gasteiger partial charge on any atom is -0.486 e. The van der Waals surface area contributed by atoms with Crippen molar-refractivity contribution in [3.05, 3.63) is 24.0 Å². The number of nitrogens with one attached hydrogen (secondary N) is 1. The fourth-order valence-corrected chi connectivity index (χ4v) is 3.82. The third-order valence-corrected chi connectivity index (χ3v) is 5.55. The normalized spacial score (nSPS) is 17.0. The SMILES string of the molecule is CCn1c(S[C@@H](C)C(=O)Nc2ccc3c(c2)OCCO3)nnc1C1CC1. The third-order valence-electron chi connectivity index (χ3n) is 4.47. The highest BCUT2D eigenvalue weighted by molar-refractivity contribution is 8.00. The maximum absolute atomic E-state index is 12.6. The highest BCUT2D eigenvalue weighted by Gasteiger charge is 2.30. The van der Waals surface area contributed by atoms with E-state index in [1.165, 1.54) is 24.6 Å². The number of ether oxygens (including phenoxy) is 2. The monoisotopic (exact) mass is 374 g/mol. The van der Waals surface area contributed by atoms with Crippen molar-refractivity contribution in [2.24, 2.45) is 0 Å². The molecule has 8 heteroatoms. The van der Waals surface area contributed by atoms with Crippen molar-refractivity contribution in [1.29, 1.82) is 0 Å². The van der Waals surface area contributed by atoms with Crippen molar-refractivity contribution >= 4 is 23.4 Å². The van der Waals surface area contributed by atoms with Gasteiger partial charge in [-0.2, -0.15) is 0 Å². The van der Waals surface area contributed by atoms with Gasteiger partial charge in [0.1, 0.15) is 19.0 Å². The lowest BCUT2D eigenvalue weighted by Gasteiger charge is -2.19. The van der Waals surface area contributed by atoms with Crippen LogP contribution in [0.2, 0.25) is 0 Å². The number of carbonyl (C=O) groups excluding carboxylic acids is 1. The summed E-state index contributed by atoms with van der Waals surface area (Å²) < 4.78 is 13.2. The summed E-state index contributed by atoms with van der Waals surface area (Å²) >= 11 is 1.44. The summed E-state index contributed by atoms with van der Waals surface area (Å²) in [5, 5.41) is 12.1. The molecule has 1 aliphatic heterocycles. The van der Waals surface area contributed by atoms with Crippen LogP contribution in [-0.2, 0) is 11.3 Å². The van der Waals surface area contributed by atoms with Gasteiger partial charge < -0.3 is 19.4 Å². The average molecular weight is 374 g/mol. The lowest BCUT2D eigenvalue weighted by Crippen LogP contribution is -2.23. The molecule has 0 spiro atoms. The van der Waals surface area contributed by atoms with E-state index in [9.17, 15) is 4.79 Å². The van der Waals surface area contributed by atoms with Gasteiger partial charge in [0.15, 0.2) is 16.7 Å². The van der Waals surface area contributed by atoms with E-state index in [0.29, 0.717) is 36.3 Å². The second kappa shape index (κ2) is 7.19. The Morgan fingerprint density at radius 3 is 2.81 bits per heavy atom. The first-order valence-corrected chi connectivity index (χ1v) is 9.84. The minimum atomic E-state index is -0.287. The summed E-state index contributed by atoms with van der Waals surface area (Å²) in [5.74, 6) is 2.88. The molecule has 0 unspecified atom stereocenters. The Balaban J connectivity index is 1.42. The molecule has 138 valence electrons. The van der Waals surface area contributed by atoms with Crippen molar-refractivity contribution in [3.8, 4) is 11.5 Å². The van der Waals surface area contributed by atoms with Gasteiger partial charge in [0.05, 0.1) is 5.25 Å². The summed E-state index contributed by atoms with van der Waals surface area (Å²) in [5.41, 5.74) is 0.697. The summed E-state index contributed by atoms with van der Waals surface area (Å²) in [6.45, 7) is 5.85. The number of thioether (sulfide) groups is 1. The van der Waals surface area contributed by atoms with Gasteiger partial charge in [0.25, 0.3) is 0 Å². The highest BCUT2D eigenvalue weighted by atomic mass is 32.2. The molecule has 0 radical (unpaired) electrons. The average Bonchev–Trinajstić information content (AvgIpc) is 3.42. The van der Waals surface area contributed by atoms with E-state index in [-0.39, 0.29) is 11.2 Å².